The van der Waals surface area contributed by atoms with Gasteiger partial charge >= 0.3 is 16.1 Å². The lowest BCUT2D eigenvalue weighted by Gasteiger charge is -2.16. The molecule has 40 heavy (non-hydrogen) atoms. The Balaban J connectivity index is 1.50. The van der Waals surface area contributed by atoms with Gasteiger partial charge in [-0.1, -0.05) is 36.4 Å². The van der Waals surface area contributed by atoms with Crippen molar-refractivity contribution < 1.29 is 30.5 Å². The van der Waals surface area contributed by atoms with Gasteiger partial charge in [-0.2, -0.15) is 8.42 Å². The fourth-order valence-corrected chi connectivity index (χ4v) is 5.99. The van der Waals surface area contributed by atoms with Crippen molar-refractivity contribution in [1.82, 2.24) is 0 Å². The van der Waals surface area contributed by atoms with Gasteiger partial charge in [0.15, 0.2) is 0 Å². The zero-order valence-corrected chi connectivity index (χ0v) is 26.0. The van der Waals surface area contributed by atoms with Crippen LogP contribution in [-0.2, 0) is 38.4 Å². The van der Waals surface area contributed by atoms with Crippen molar-refractivity contribution in [3.63, 3.8) is 0 Å². The van der Waals surface area contributed by atoms with Crippen molar-refractivity contribution >= 4 is 56.5 Å². The normalized spacial score (nSPS) is 12.8. The second kappa shape index (κ2) is 16.0. The number of ether oxygens (including phenoxy) is 1. The summed E-state index contributed by atoms with van der Waals surface area (Å²) in [5.41, 5.74) is 3.35. The molecule has 0 amide bonds. The first-order chi connectivity index (χ1) is 19.1. The summed E-state index contributed by atoms with van der Waals surface area (Å²) in [5.74, 6) is 6.06. The summed E-state index contributed by atoms with van der Waals surface area (Å²) in [6.45, 7) is 0.461. The molecule has 11 heteroatoms. The van der Waals surface area contributed by atoms with E-state index in [-0.39, 0.29) is 17.0 Å². The fourth-order valence-electron chi connectivity index (χ4n) is 3.64. The molecule has 3 aromatic rings. The summed E-state index contributed by atoms with van der Waals surface area (Å²) < 4.78 is 43.9. The first-order valence-corrected chi connectivity index (χ1v) is 18.1. The van der Waals surface area contributed by atoms with Crippen molar-refractivity contribution in [2.24, 2.45) is 0 Å². The third-order valence-corrected chi connectivity index (χ3v) is 7.98. The predicted octanol–water partition coefficient (Wildman–Crippen LogP) is 5.98. The Labute approximate surface area is 248 Å². The maximum atomic E-state index is 12.8. The van der Waals surface area contributed by atoms with E-state index in [1.54, 1.807) is 42.3 Å². The number of hydrogen-bond acceptors (Lipinski definition) is 9. The smallest absolute Gasteiger partial charge is 0.330 e. The molecule has 0 fully saturated rings. The van der Waals surface area contributed by atoms with Crippen LogP contribution in [0, 0.1) is 0 Å². The van der Waals surface area contributed by atoms with Crippen LogP contribution in [0.4, 0.5) is 0 Å². The number of rotatable bonds is 16. The van der Waals surface area contributed by atoms with Crippen molar-refractivity contribution in [3.8, 4) is 17.2 Å². The summed E-state index contributed by atoms with van der Waals surface area (Å²) in [4.78, 5) is 12.8. The Bertz CT molecular complexity index is 1340. The minimum Gasteiger partial charge on any atom is -0.493 e. The summed E-state index contributed by atoms with van der Waals surface area (Å²) in [5, 5.41) is -0.320. The van der Waals surface area contributed by atoms with Gasteiger partial charge in [0.2, 0.25) is 0 Å². The maximum Gasteiger partial charge on any atom is 0.330 e. The van der Waals surface area contributed by atoms with E-state index >= 15 is 0 Å². The molecule has 3 rings (SSSR count). The summed E-state index contributed by atoms with van der Waals surface area (Å²) in [7, 11) is -4.24. The van der Waals surface area contributed by atoms with Crippen LogP contribution in [0.25, 0.3) is 0 Å². The largest absolute Gasteiger partial charge is 0.493 e. The van der Waals surface area contributed by atoms with E-state index < -0.39 is 20.9 Å². The van der Waals surface area contributed by atoms with E-state index in [4.69, 9.17) is 17.3 Å². The molecule has 0 aliphatic heterocycles. The molecule has 2 unspecified atom stereocenters. The van der Waals surface area contributed by atoms with Crippen LogP contribution in [0.3, 0.4) is 0 Å². The molecule has 0 bridgehead atoms. The first-order valence-electron chi connectivity index (χ1n) is 12.4. The average molecular weight is 623 g/mol. The van der Waals surface area contributed by atoms with Gasteiger partial charge in [-0.05, 0) is 88.3 Å². The van der Waals surface area contributed by atoms with Crippen LogP contribution < -0.4 is 13.1 Å². The molecule has 0 saturated carbocycles. The van der Waals surface area contributed by atoms with Gasteiger partial charge < -0.3 is 17.3 Å². The molecule has 7 nitrogen and oxygen atoms in total. The Hall–Kier alpha value is -2.60. The zero-order valence-electron chi connectivity index (χ0n) is 22.7. The van der Waals surface area contributed by atoms with Gasteiger partial charge in [0, 0.05) is 18.9 Å². The first kappa shape index (κ1) is 31.9. The highest BCUT2D eigenvalue weighted by atomic mass is 32.2. The Morgan fingerprint density at radius 1 is 0.875 bits per heavy atom. The molecule has 0 aliphatic carbocycles. The molecule has 0 spiro atoms. The van der Waals surface area contributed by atoms with E-state index in [1.165, 1.54) is 17.6 Å². The van der Waals surface area contributed by atoms with Crippen molar-refractivity contribution in [3.05, 3.63) is 89.5 Å². The van der Waals surface area contributed by atoms with Crippen LogP contribution in [-0.4, -0.2) is 56.6 Å². The highest BCUT2D eigenvalue weighted by Gasteiger charge is 2.22. The topological polar surface area (TPSA) is 88.1 Å². The number of aryl methyl sites for hydroxylation is 1. The molecular formula is C29H34O7S4. The molecule has 0 aromatic heterocycles. The molecule has 2 atom stereocenters. The van der Waals surface area contributed by atoms with Gasteiger partial charge in [0.05, 0.1) is 24.9 Å². The average Bonchev–Trinajstić information content (AvgIpc) is 2.90. The van der Waals surface area contributed by atoms with Gasteiger partial charge in [-0.25, -0.2) is 4.79 Å². The van der Waals surface area contributed by atoms with Crippen LogP contribution in [0.1, 0.15) is 16.7 Å². The van der Waals surface area contributed by atoms with Crippen LogP contribution in [0.5, 0.6) is 17.2 Å². The number of hydrogen-bond donors (Lipinski definition) is 0. The molecule has 0 saturated heterocycles. The van der Waals surface area contributed by atoms with E-state index in [2.05, 4.69) is 5.87 Å². The van der Waals surface area contributed by atoms with E-state index in [9.17, 15) is 13.2 Å². The minimum absolute atomic E-state index is 0.236. The molecule has 216 valence electrons. The molecule has 0 heterocycles. The standard InChI is InChI=1S/C29H34O7S4/c1-37-34-26-11-9-23(10-12-26)18-20-38-28(29(30)35-39(2)3)21-24-7-5-22(6-8-24)17-19-33-25-13-15-27(16-14-25)36-40(4,31)32/h5-16,28H,2,17-21H2,1,3-4H3. The van der Waals surface area contributed by atoms with E-state index in [0.29, 0.717) is 25.2 Å². The number of carbonyl (C=O) groups is 1. The quantitative estimate of drug-likeness (QED) is 0.109. The molecular weight excluding hydrogens is 589 g/mol. The molecule has 0 aliphatic rings. The van der Waals surface area contributed by atoms with Gasteiger partial charge in [-0.15, -0.1) is 11.8 Å². The number of benzene rings is 3. The van der Waals surface area contributed by atoms with Crippen molar-refractivity contribution in [1.29, 1.82) is 0 Å². The lowest BCUT2D eigenvalue weighted by molar-refractivity contribution is -0.132. The molecule has 3 aromatic carbocycles. The van der Waals surface area contributed by atoms with Crippen molar-refractivity contribution in [2.45, 2.75) is 24.5 Å². The van der Waals surface area contributed by atoms with E-state index in [0.717, 1.165) is 35.3 Å². The second-order valence-corrected chi connectivity index (χ2v) is 13.6. The molecule has 0 radical (unpaired) electrons. The summed E-state index contributed by atoms with van der Waals surface area (Å²) >= 11 is 2.91. The van der Waals surface area contributed by atoms with Crippen molar-refractivity contribution in [2.75, 3.05) is 31.1 Å². The maximum absolute atomic E-state index is 12.8. The monoisotopic (exact) mass is 622 g/mol. The highest BCUT2D eigenvalue weighted by Crippen LogP contribution is 2.24. The third-order valence-electron chi connectivity index (χ3n) is 5.47. The van der Waals surface area contributed by atoms with Crippen LogP contribution in [0.2, 0.25) is 0 Å². The number of carbonyl (C=O) groups excluding carboxylic acids is 1. The van der Waals surface area contributed by atoms with Gasteiger partial charge in [0.1, 0.15) is 22.5 Å². The Morgan fingerprint density at radius 2 is 1.43 bits per heavy atom. The lowest BCUT2D eigenvalue weighted by atomic mass is 10.1. The third kappa shape index (κ3) is 11.9. The summed E-state index contributed by atoms with van der Waals surface area (Å²) in [6, 6.07) is 22.6. The molecule has 0 N–H and O–H groups in total. The highest BCUT2D eigenvalue weighted by molar-refractivity contribution is 8.09. The van der Waals surface area contributed by atoms with Crippen LogP contribution >= 0.6 is 34.6 Å². The van der Waals surface area contributed by atoms with Gasteiger partial charge in [-0.3, -0.25) is 0 Å². The van der Waals surface area contributed by atoms with E-state index in [1.807, 2.05) is 54.8 Å². The second-order valence-electron chi connectivity index (χ2n) is 8.86. The van der Waals surface area contributed by atoms with Gasteiger partial charge in [0.25, 0.3) is 0 Å². The predicted molar refractivity (Wildman–Crippen MR) is 169 cm³/mol. The number of thioether (sulfide) groups is 1. The lowest BCUT2D eigenvalue weighted by Crippen LogP contribution is -2.22. The van der Waals surface area contributed by atoms with Crippen LogP contribution in [0.15, 0.2) is 72.8 Å². The SMILES string of the molecule is C=S(C)OC(=O)C(Cc1ccc(CCOc2ccc(OS(C)(=O)=O)cc2)cc1)SCCc1ccc(OSC)cc1. The zero-order chi connectivity index (χ0) is 29.0. The fraction of sp³-hybridized carbons (Fsp3) is 0.310. The Morgan fingerprint density at radius 3 is 2.02 bits per heavy atom. The Kier molecular flexibility index (Phi) is 12.8. The summed E-state index contributed by atoms with van der Waals surface area (Å²) in [6.07, 6.45) is 6.77. The minimum atomic E-state index is -3.56.